The van der Waals surface area contributed by atoms with Gasteiger partial charge in [0, 0.05) is 17.7 Å². The maximum Gasteiger partial charge on any atom is 0.225 e. The van der Waals surface area contributed by atoms with Crippen LogP contribution in [0.3, 0.4) is 0 Å². The van der Waals surface area contributed by atoms with Gasteiger partial charge >= 0.3 is 0 Å². The molecule has 1 aliphatic carbocycles. The molecule has 0 bridgehead atoms. The molecule has 0 aliphatic heterocycles. The smallest absolute Gasteiger partial charge is 0.225 e. The first-order chi connectivity index (χ1) is 15.7. The highest BCUT2D eigenvalue weighted by atomic mass is 16.1. The minimum atomic E-state index is 0.0499. The second-order valence-corrected chi connectivity index (χ2v) is 9.28. The number of aromatic nitrogens is 2. The second-order valence-electron chi connectivity index (χ2n) is 9.28. The first-order valence-corrected chi connectivity index (χ1v) is 12.7. The van der Waals surface area contributed by atoms with Gasteiger partial charge < -0.3 is 11.1 Å². The van der Waals surface area contributed by atoms with E-state index in [1.807, 2.05) is 24.3 Å². The minimum Gasteiger partial charge on any atom is -0.399 e. The Hall–Kier alpha value is -2.43. The predicted molar refractivity (Wildman–Crippen MR) is 133 cm³/mol. The van der Waals surface area contributed by atoms with Crippen LogP contribution in [-0.2, 0) is 11.2 Å². The summed E-state index contributed by atoms with van der Waals surface area (Å²) in [6.45, 7) is 2.22. The number of hydrogen-bond donors (Lipinski definition) is 2. The summed E-state index contributed by atoms with van der Waals surface area (Å²) in [4.78, 5) is 22.1. The topological polar surface area (TPSA) is 80.9 Å². The van der Waals surface area contributed by atoms with Crippen LogP contribution in [0.15, 0.2) is 30.5 Å². The number of anilines is 2. The van der Waals surface area contributed by atoms with E-state index in [0.29, 0.717) is 12.2 Å². The van der Waals surface area contributed by atoms with Crippen molar-refractivity contribution in [3.8, 4) is 11.3 Å². The normalized spacial score (nSPS) is 14.4. The van der Waals surface area contributed by atoms with Crippen LogP contribution in [0.4, 0.5) is 11.5 Å². The Kier molecular flexibility index (Phi) is 9.98. The monoisotopic (exact) mass is 436 g/mol. The van der Waals surface area contributed by atoms with E-state index < -0.39 is 0 Å². The molecule has 2 aromatic rings. The van der Waals surface area contributed by atoms with Gasteiger partial charge in [0.1, 0.15) is 0 Å². The lowest BCUT2D eigenvalue weighted by Gasteiger charge is -2.21. The van der Waals surface area contributed by atoms with Gasteiger partial charge in [-0.25, -0.2) is 9.97 Å². The number of benzene rings is 1. The number of hydrogen-bond acceptors (Lipinski definition) is 4. The van der Waals surface area contributed by atoms with Crippen molar-refractivity contribution in [2.24, 2.45) is 5.92 Å². The van der Waals surface area contributed by atoms with Crippen molar-refractivity contribution in [3.05, 3.63) is 36.2 Å². The number of nitrogens with zero attached hydrogens (tertiary/aromatic N) is 2. The van der Waals surface area contributed by atoms with E-state index in [2.05, 4.69) is 17.2 Å². The molecule has 1 saturated carbocycles. The highest BCUT2D eigenvalue weighted by molar-refractivity contribution is 5.90. The van der Waals surface area contributed by atoms with Gasteiger partial charge in [-0.1, -0.05) is 83.3 Å². The second kappa shape index (κ2) is 13.2. The van der Waals surface area contributed by atoms with Crippen LogP contribution >= 0.6 is 0 Å². The van der Waals surface area contributed by atoms with Gasteiger partial charge in [0.05, 0.1) is 17.6 Å². The first kappa shape index (κ1) is 24.2. The zero-order chi connectivity index (χ0) is 22.6. The number of nitrogens with one attached hydrogen (secondary N) is 1. The van der Waals surface area contributed by atoms with Crippen molar-refractivity contribution >= 4 is 17.4 Å². The Labute approximate surface area is 193 Å². The van der Waals surface area contributed by atoms with Crippen LogP contribution in [0.25, 0.3) is 11.3 Å². The van der Waals surface area contributed by atoms with Gasteiger partial charge in [-0.15, -0.1) is 0 Å². The van der Waals surface area contributed by atoms with Gasteiger partial charge in [0.25, 0.3) is 0 Å². The zero-order valence-corrected chi connectivity index (χ0v) is 19.7. The average Bonchev–Trinajstić information content (AvgIpc) is 2.82. The van der Waals surface area contributed by atoms with Gasteiger partial charge in [0.15, 0.2) is 5.82 Å². The molecule has 5 heteroatoms. The molecular formula is C27H40N4O. The van der Waals surface area contributed by atoms with Crippen molar-refractivity contribution in [1.82, 2.24) is 9.97 Å². The third-order valence-electron chi connectivity index (χ3n) is 6.58. The highest BCUT2D eigenvalue weighted by Crippen LogP contribution is 2.29. The van der Waals surface area contributed by atoms with Gasteiger partial charge in [-0.3, -0.25) is 4.79 Å². The number of carbonyl (C=O) groups is 1. The minimum absolute atomic E-state index is 0.0499. The Balaban J connectivity index is 1.64. The van der Waals surface area contributed by atoms with Crippen LogP contribution in [0.2, 0.25) is 0 Å². The summed E-state index contributed by atoms with van der Waals surface area (Å²) in [6.07, 6.45) is 18.0. The van der Waals surface area contributed by atoms with Gasteiger partial charge in [-0.05, 0) is 37.3 Å². The van der Waals surface area contributed by atoms with E-state index in [0.717, 1.165) is 54.2 Å². The lowest BCUT2D eigenvalue weighted by Crippen LogP contribution is -2.16. The summed E-state index contributed by atoms with van der Waals surface area (Å²) >= 11 is 0. The highest BCUT2D eigenvalue weighted by Gasteiger charge is 2.17. The summed E-state index contributed by atoms with van der Waals surface area (Å²) in [5, 5.41) is 3.06. The van der Waals surface area contributed by atoms with E-state index in [4.69, 9.17) is 10.7 Å². The fraction of sp³-hybridized carbons (Fsp3) is 0.593. The summed E-state index contributed by atoms with van der Waals surface area (Å²) in [7, 11) is 0. The van der Waals surface area contributed by atoms with E-state index in [-0.39, 0.29) is 5.91 Å². The molecule has 32 heavy (non-hydrogen) atoms. The fourth-order valence-corrected chi connectivity index (χ4v) is 4.58. The number of nitrogens with two attached hydrogens (primary N) is 1. The molecule has 0 saturated heterocycles. The molecule has 1 amide bonds. The molecule has 0 spiro atoms. The van der Waals surface area contributed by atoms with Crippen molar-refractivity contribution in [3.63, 3.8) is 0 Å². The molecule has 5 nitrogen and oxygen atoms in total. The molecule has 0 radical (unpaired) electrons. The SMILES string of the molecule is CCCCCCCCC(=O)Nc1ncc(-c2ccc(N)cc2)nc1CCC1CCCCC1. The van der Waals surface area contributed by atoms with E-state index in [9.17, 15) is 4.79 Å². The van der Waals surface area contributed by atoms with E-state index in [1.54, 1.807) is 6.20 Å². The Bertz CT molecular complexity index is 828. The molecule has 1 fully saturated rings. The van der Waals surface area contributed by atoms with Crippen LogP contribution in [0.1, 0.15) is 96.1 Å². The molecular weight excluding hydrogens is 396 g/mol. The molecule has 174 valence electrons. The van der Waals surface area contributed by atoms with Gasteiger partial charge in [-0.2, -0.15) is 0 Å². The molecule has 3 rings (SSSR count). The lowest BCUT2D eigenvalue weighted by molar-refractivity contribution is -0.116. The molecule has 3 N–H and O–H groups in total. The lowest BCUT2D eigenvalue weighted by atomic mass is 9.86. The average molecular weight is 437 g/mol. The number of carbonyl (C=O) groups excluding carboxylic acids is 1. The van der Waals surface area contributed by atoms with Crippen molar-refractivity contribution in [2.75, 3.05) is 11.1 Å². The Morgan fingerprint density at radius 2 is 1.75 bits per heavy atom. The largest absolute Gasteiger partial charge is 0.399 e. The molecule has 0 atom stereocenters. The third kappa shape index (κ3) is 7.92. The number of aryl methyl sites for hydroxylation is 1. The van der Waals surface area contributed by atoms with Crippen LogP contribution in [0, 0.1) is 5.92 Å². The van der Waals surface area contributed by atoms with E-state index >= 15 is 0 Å². The van der Waals surface area contributed by atoms with Crippen LogP contribution < -0.4 is 11.1 Å². The molecule has 1 aromatic carbocycles. The summed E-state index contributed by atoms with van der Waals surface area (Å²) in [5.41, 5.74) is 9.30. The van der Waals surface area contributed by atoms with Crippen LogP contribution in [0.5, 0.6) is 0 Å². The quantitative estimate of drug-likeness (QED) is 0.279. The maximum absolute atomic E-state index is 12.6. The first-order valence-electron chi connectivity index (χ1n) is 12.7. The van der Waals surface area contributed by atoms with Gasteiger partial charge in [0.2, 0.25) is 5.91 Å². The maximum atomic E-state index is 12.6. The third-order valence-corrected chi connectivity index (χ3v) is 6.58. The Morgan fingerprint density at radius 1 is 1.03 bits per heavy atom. The summed E-state index contributed by atoms with van der Waals surface area (Å²) in [5.74, 6) is 1.45. The fourth-order valence-electron chi connectivity index (χ4n) is 4.58. The Morgan fingerprint density at radius 3 is 2.50 bits per heavy atom. The number of amides is 1. The van der Waals surface area contributed by atoms with Crippen LogP contribution in [-0.4, -0.2) is 15.9 Å². The van der Waals surface area contributed by atoms with Crippen molar-refractivity contribution in [1.29, 1.82) is 0 Å². The summed E-state index contributed by atoms with van der Waals surface area (Å²) in [6, 6.07) is 7.71. The van der Waals surface area contributed by atoms with E-state index in [1.165, 1.54) is 57.8 Å². The standard InChI is InChI=1S/C27H40N4O/c1-2-3-4-5-6-10-13-26(32)31-27-24(19-14-21-11-8-7-9-12-21)30-25(20-29-27)22-15-17-23(28)18-16-22/h15-18,20-21H,2-14,19,28H2,1H3,(H,29,31,32). The number of unbranched alkanes of at least 4 members (excludes halogenated alkanes) is 5. The summed E-state index contributed by atoms with van der Waals surface area (Å²) < 4.78 is 0. The molecule has 1 aliphatic rings. The number of nitrogen functional groups attached to an aromatic ring is 1. The molecule has 1 aromatic heterocycles. The van der Waals surface area contributed by atoms with Crippen molar-refractivity contribution in [2.45, 2.75) is 96.8 Å². The zero-order valence-electron chi connectivity index (χ0n) is 19.7. The number of rotatable bonds is 12. The molecule has 1 heterocycles. The molecule has 0 unspecified atom stereocenters. The predicted octanol–water partition coefficient (Wildman–Crippen LogP) is 6.93. The van der Waals surface area contributed by atoms with Crippen molar-refractivity contribution < 1.29 is 4.79 Å².